The number of rotatable bonds is 12. The number of amides is 2. The molecule has 0 saturated heterocycles. The van der Waals surface area contributed by atoms with Gasteiger partial charge in [-0.25, -0.2) is 8.42 Å². The molecule has 0 saturated carbocycles. The van der Waals surface area contributed by atoms with Crippen LogP contribution in [0.15, 0.2) is 108 Å². The summed E-state index contributed by atoms with van der Waals surface area (Å²) in [5.41, 5.74) is 3.41. The molecule has 0 heterocycles. The SMILES string of the molecule is COc1ccc(S(=O)(=O)N(CC(=O)N(Cc2ccccc2C)[C@@H](Cc2ccccc2)C(=O)NC(C)(C)C)c2ccc(C)cc2)cc1. The number of carbonyl (C=O) groups excluding carboxylic acids is 2. The van der Waals surface area contributed by atoms with Crippen LogP contribution >= 0.6 is 0 Å². The number of carbonyl (C=O) groups is 2. The van der Waals surface area contributed by atoms with Crippen molar-refractivity contribution in [1.82, 2.24) is 10.2 Å². The Balaban J connectivity index is 1.82. The number of hydrogen-bond acceptors (Lipinski definition) is 5. The number of benzene rings is 4. The van der Waals surface area contributed by atoms with Gasteiger partial charge in [0.2, 0.25) is 11.8 Å². The first-order valence-corrected chi connectivity index (χ1v) is 16.7. The molecular formula is C37H43N3O5S. The fourth-order valence-electron chi connectivity index (χ4n) is 5.09. The van der Waals surface area contributed by atoms with Crippen molar-refractivity contribution in [3.63, 3.8) is 0 Å². The average molecular weight is 642 g/mol. The van der Waals surface area contributed by atoms with Gasteiger partial charge in [-0.1, -0.05) is 72.3 Å². The van der Waals surface area contributed by atoms with E-state index in [4.69, 9.17) is 4.74 Å². The zero-order valence-electron chi connectivity index (χ0n) is 27.4. The molecule has 46 heavy (non-hydrogen) atoms. The van der Waals surface area contributed by atoms with Crippen molar-refractivity contribution in [2.75, 3.05) is 18.0 Å². The van der Waals surface area contributed by atoms with E-state index >= 15 is 0 Å². The molecule has 1 atom stereocenters. The molecule has 0 spiro atoms. The van der Waals surface area contributed by atoms with E-state index in [0.717, 1.165) is 26.6 Å². The minimum atomic E-state index is -4.21. The standard InChI is InChI=1S/C37H43N3O5S/c1-27-16-18-31(19-17-27)40(46(43,44)33-22-20-32(45-6)21-23-33)26-35(41)39(25-30-15-11-10-12-28(30)2)34(36(42)38-37(3,4)5)24-29-13-8-7-9-14-29/h7-23,34H,24-26H2,1-6H3,(H,38,42)/t34-/m0/s1. The fourth-order valence-corrected chi connectivity index (χ4v) is 6.51. The zero-order valence-corrected chi connectivity index (χ0v) is 28.2. The highest BCUT2D eigenvalue weighted by molar-refractivity contribution is 7.92. The van der Waals surface area contributed by atoms with Gasteiger partial charge in [0.05, 0.1) is 17.7 Å². The third-order valence-electron chi connectivity index (χ3n) is 7.62. The summed E-state index contributed by atoms with van der Waals surface area (Å²) >= 11 is 0. The highest BCUT2D eigenvalue weighted by Crippen LogP contribution is 2.27. The number of sulfonamides is 1. The van der Waals surface area contributed by atoms with Crippen molar-refractivity contribution in [3.05, 3.63) is 125 Å². The Labute approximate surface area is 273 Å². The largest absolute Gasteiger partial charge is 0.497 e. The zero-order chi connectivity index (χ0) is 33.5. The molecule has 1 N–H and O–H groups in total. The molecule has 0 aliphatic rings. The first-order valence-electron chi connectivity index (χ1n) is 15.2. The molecule has 0 aromatic heterocycles. The summed E-state index contributed by atoms with van der Waals surface area (Å²) in [6, 6.07) is 29.3. The van der Waals surface area contributed by atoms with Crippen molar-refractivity contribution < 1.29 is 22.7 Å². The van der Waals surface area contributed by atoms with Gasteiger partial charge in [0.15, 0.2) is 0 Å². The van der Waals surface area contributed by atoms with Crippen molar-refractivity contribution in [2.24, 2.45) is 0 Å². The van der Waals surface area contributed by atoms with E-state index in [1.807, 2.05) is 89.2 Å². The number of nitrogens with one attached hydrogen (secondary N) is 1. The van der Waals surface area contributed by atoms with Crippen molar-refractivity contribution in [2.45, 2.75) is 64.1 Å². The van der Waals surface area contributed by atoms with Gasteiger partial charge in [-0.05, 0) is 87.7 Å². The molecule has 0 bridgehead atoms. The lowest BCUT2D eigenvalue weighted by Gasteiger charge is -2.35. The van der Waals surface area contributed by atoms with Gasteiger partial charge in [0.1, 0.15) is 18.3 Å². The molecule has 0 radical (unpaired) electrons. The van der Waals surface area contributed by atoms with Gasteiger partial charge in [-0.3, -0.25) is 13.9 Å². The summed E-state index contributed by atoms with van der Waals surface area (Å²) in [5.74, 6) is -0.320. The van der Waals surface area contributed by atoms with E-state index in [1.54, 1.807) is 36.4 Å². The summed E-state index contributed by atoms with van der Waals surface area (Å²) in [4.78, 5) is 30.1. The van der Waals surface area contributed by atoms with E-state index in [9.17, 15) is 18.0 Å². The Hall–Kier alpha value is -4.63. The maximum atomic E-state index is 14.6. The number of hydrogen-bond donors (Lipinski definition) is 1. The summed E-state index contributed by atoms with van der Waals surface area (Å²) in [6.07, 6.45) is 0.246. The van der Waals surface area contributed by atoms with E-state index in [2.05, 4.69) is 5.32 Å². The van der Waals surface area contributed by atoms with Crippen LogP contribution in [0.2, 0.25) is 0 Å². The van der Waals surface area contributed by atoms with E-state index < -0.39 is 34.1 Å². The van der Waals surface area contributed by atoms with E-state index in [0.29, 0.717) is 11.4 Å². The summed E-state index contributed by atoms with van der Waals surface area (Å²) in [7, 11) is -2.70. The molecule has 8 nitrogen and oxygen atoms in total. The fraction of sp³-hybridized carbons (Fsp3) is 0.297. The molecule has 9 heteroatoms. The molecule has 242 valence electrons. The Bertz CT molecular complexity index is 1730. The second-order valence-corrected chi connectivity index (χ2v) is 14.3. The van der Waals surface area contributed by atoms with Gasteiger partial charge < -0.3 is 15.0 Å². The van der Waals surface area contributed by atoms with Crippen molar-refractivity contribution in [1.29, 1.82) is 0 Å². The van der Waals surface area contributed by atoms with E-state index in [1.165, 1.54) is 24.1 Å². The third-order valence-corrected chi connectivity index (χ3v) is 9.41. The van der Waals surface area contributed by atoms with Crippen LogP contribution in [0.1, 0.15) is 43.0 Å². The third kappa shape index (κ3) is 8.75. The van der Waals surface area contributed by atoms with Crippen molar-refractivity contribution >= 4 is 27.5 Å². The molecule has 0 aliphatic carbocycles. The highest BCUT2D eigenvalue weighted by Gasteiger charge is 2.35. The quantitative estimate of drug-likeness (QED) is 0.203. The smallest absolute Gasteiger partial charge is 0.264 e. The number of aryl methyl sites for hydroxylation is 2. The highest BCUT2D eigenvalue weighted by atomic mass is 32.2. The van der Waals surface area contributed by atoms with Crippen LogP contribution in [-0.2, 0) is 32.6 Å². The molecule has 4 rings (SSSR count). The molecule has 2 amide bonds. The monoisotopic (exact) mass is 641 g/mol. The Morgan fingerprint density at radius 2 is 1.43 bits per heavy atom. The molecule has 4 aromatic carbocycles. The van der Waals surface area contributed by atoms with Crippen molar-refractivity contribution in [3.8, 4) is 5.75 Å². The van der Waals surface area contributed by atoms with Crippen LogP contribution in [0.5, 0.6) is 5.75 Å². The lowest BCUT2D eigenvalue weighted by Crippen LogP contribution is -2.56. The molecular weight excluding hydrogens is 598 g/mol. The summed E-state index contributed by atoms with van der Waals surface area (Å²) in [6.45, 7) is 9.12. The summed E-state index contributed by atoms with van der Waals surface area (Å²) < 4.78 is 34.8. The number of methoxy groups -OCH3 is 1. The first-order chi connectivity index (χ1) is 21.8. The van der Waals surface area contributed by atoms with Crippen LogP contribution in [-0.4, -0.2) is 50.4 Å². The lowest BCUT2D eigenvalue weighted by molar-refractivity contribution is -0.140. The van der Waals surface area contributed by atoms with Gasteiger partial charge in [0, 0.05) is 18.5 Å². The van der Waals surface area contributed by atoms with Gasteiger partial charge >= 0.3 is 0 Å². The topological polar surface area (TPSA) is 96.0 Å². The first kappa shape index (κ1) is 34.2. The predicted molar refractivity (Wildman–Crippen MR) is 182 cm³/mol. The number of ether oxygens (including phenoxy) is 1. The molecule has 0 unspecified atom stereocenters. The van der Waals surface area contributed by atoms with Gasteiger partial charge in [-0.15, -0.1) is 0 Å². The second-order valence-electron chi connectivity index (χ2n) is 12.4. The van der Waals surface area contributed by atoms with Crippen LogP contribution in [0.25, 0.3) is 0 Å². The predicted octanol–water partition coefficient (Wildman–Crippen LogP) is 6.06. The molecule has 4 aromatic rings. The molecule has 0 aliphatic heterocycles. The minimum absolute atomic E-state index is 0.0124. The van der Waals surface area contributed by atoms with Gasteiger partial charge in [-0.2, -0.15) is 0 Å². The summed E-state index contributed by atoms with van der Waals surface area (Å²) in [5, 5.41) is 3.06. The maximum absolute atomic E-state index is 14.6. The maximum Gasteiger partial charge on any atom is 0.264 e. The Morgan fingerprint density at radius 1 is 0.826 bits per heavy atom. The minimum Gasteiger partial charge on any atom is -0.497 e. The average Bonchev–Trinajstić information content (AvgIpc) is 3.02. The van der Waals surface area contributed by atoms with E-state index in [-0.39, 0.29) is 23.8 Å². The molecule has 0 fully saturated rings. The van der Waals surface area contributed by atoms with Crippen LogP contribution < -0.4 is 14.4 Å². The second kappa shape index (κ2) is 14.6. The normalized spacial score (nSPS) is 12.2. The van der Waals surface area contributed by atoms with Crippen LogP contribution in [0.3, 0.4) is 0 Å². The van der Waals surface area contributed by atoms with Crippen LogP contribution in [0.4, 0.5) is 5.69 Å². The van der Waals surface area contributed by atoms with Crippen LogP contribution in [0, 0.1) is 13.8 Å². The number of anilines is 1. The Kier molecular flexibility index (Phi) is 10.9. The Morgan fingerprint density at radius 3 is 2.02 bits per heavy atom. The number of nitrogens with zero attached hydrogens (tertiary/aromatic N) is 2. The lowest BCUT2D eigenvalue weighted by atomic mass is 10.00. The van der Waals surface area contributed by atoms with Gasteiger partial charge in [0.25, 0.3) is 10.0 Å².